The summed E-state index contributed by atoms with van der Waals surface area (Å²) in [7, 11) is 3.05. The number of carbonyl (C=O) groups is 2. The molecule has 4 aliphatic rings. The number of allylic oxidation sites excluding steroid dienone is 6. The van der Waals surface area contributed by atoms with Gasteiger partial charge in [-0.3, -0.25) is 9.59 Å². The molecule has 2 amide bonds. The fraction of sp³-hybridized carbons (Fsp3) is 0.556. The predicted molar refractivity (Wildman–Crippen MR) is 172 cm³/mol. The number of piperidine rings is 1. The number of hydrogen-bond acceptors (Lipinski definition) is 5. The van der Waals surface area contributed by atoms with Gasteiger partial charge in [0.05, 0.1) is 19.6 Å². The molecule has 5 rings (SSSR count). The summed E-state index contributed by atoms with van der Waals surface area (Å²) >= 11 is 0. The summed E-state index contributed by atoms with van der Waals surface area (Å²) in [6, 6.07) is 5.28. The smallest absolute Gasteiger partial charge is 0.405 e. The third-order valence-electron chi connectivity index (χ3n) is 10.0. The van der Waals surface area contributed by atoms with Gasteiger partial charge < -0.3 is 25.0 Å². The number of likely N-dealkylation sites (tertiary alicyclic amines) is 1. The number of hydrogen-bond donors (Lipinski definition) is 2. The highest BCUT2D eigenvalue weighted by atomic mass is 19.4. The van der Waals surface area contributed by atoms with Gasteiger partial charge in [-0.05, 0) is 91.3 Å². The molecule has 3 aliphatic carbocycles. The molecule has 0 bridgehead atoms. The van der Waals surface area contributed by atoms with Gasteiger partial charge in [-0.15, -0.1) is 0 Å². The fourth-order valence-electron chi connectivity index (χ4n) is 7.96. The number of methoxy groups -OCH3 is 2. The Morgan fingerprint density at radius 2 is 1.50 bits per heavy atom. The van der Waals surface area contributed by atoms with Crippen LogP contribution in [0, 0.1) is 17.3 Å². The molecular weight excluding hydrogens is 595 g/mol. The molecule has 0 radical (unpaired) electrons. The normalized spacial score (nSPS) is 24.9. The van der Waals surface area contributed by atoms with Crippen LogP contribution in [-0.4, -0.2) is 69.3 Å². The Hall–Kier alpha value is -3.53. The van der Waals surface area contributed by atoms with E-state index in [0.29, 0.717) is 29.9 Å². The first-order valence-electron chi connectivity index (χ1n) is 16.4. The summed E-state index contributed by atoms with van der Waals surface area (Å²) in [6.07, 6.45) is 9.03. The second-order valence-electron chi connectivity index (χ2n) is 13.0. The Labute approximate surface area is 270 Å². The topological polar surface area (TPSA) is 79.9 Å². The number of fused-ring (bicyclic) bond motifs is 1. The molecule has 1 aromatic rings. The van der Waals surface area contributed by atoms with E-state index in [2.05, 4.69) is 53.7 Å². The fourth-order valence-corrected chi connectivity index (χ4v) is 7.96. The Kier molecular flexibility index (Phi) is 10.3. The lowest BCUT2D eigenvalue weighted by atomic mass is 9.63. The van der Waals surface area contributed by atoms with Gasteiger partial charge in [-0.1, -0.05) is 50.6 Å². The number of ether oxygens (including phenoxy) is 2. The zero-order valence-corrected chi connectivity index (χ0v) is 27.3. The molecule has 1 aromatic carbocycles. The van der Waals surface area contributed by atoms with E-state index >= 15 is 0 Å². The molecule has 1 fully saturated rings. The monoisotopic (exact) mass is 641 g/mol. The Morgan fingerprint density at radius 3 is 2.02 bits per heavy atom. The zero-order valence-electron chi connectivity index (χ0n) is 27.3. The summed E-state index contributed by atoms with van der Waals surface area (Å²) in [5.74, 6) is 0.309. The van der Waals surface area contributed by atoms with Crippen LogP contribution in [0.3, 0.4) is 0 Å². The Morgan fingerprint density at radius 1 is 0.935 bits per heavy atom. The molecule has 1 saturated heterocycles. The van der Waals surface area contributed by atoms with Crippen LogP contribution < -0.4 is 20.1 Å². The van der Waals surface area contributed by atoms with E-state index < -0.39 is 24.0 Å². The maximum absolute atomic E-state index is 14.0. The minimum Gasteiger partial charge on any atom is -0.496 e. The van der Waals surface area contributed by atoms with Gasteiger partial charge in [0.1, 0.15) is 23.6 Å². The average Bonchev–Trinajstić information content (AvgIpc) is 3.34. The van der Waals surface area contributed by atoms with E-state index in [1.54, 1.807) is 18.2 Å². The third-order valence-corrected chi connectivity index (χ3v) is 10.0. The van der Waals surface area contributed by atoms with E-state index in [-0.39, 0.29) is 23.8 Å². The first kappa shape index (κ1) is 33.8. The first-order valence-corrected chi connectivity index (χ1v) is 16.4. The van der Waals surface area contributed by atoms with Gasteiger partial charge in [0.25, 0.3) is 5.91 Å². The minimum atomic E-state index is -4.48. The molecule has 250 valence electrons. The molecule has 1 heterocycles. The van der Waals surface area contributed by atoms with Crippen LogP contribution in [0.25, 0.3) is 0 Å². The van der Waals surface area contributed by atoms with Crippen molar-refractivity contribution in [3.63, 3.8) is 0 Å². The highest BCUT2D eigenvalue weighted by Gasteiger charge is 2.54. The maximum Gasteiger partial charge on any atom is 0.405 e. The SMILES string of the molecule is COc1cccc(OC)c1C(=O)NC1CCN(CCCCC2(C(=O)NCC(F)(F)F)C3=C(C=CCC3C)C3=C2C(C)CC=C3)CC1. The van der Waals surface area contributed by atoms with Crippen LogP contribution in [-0.2, 0) is 4.79 Å². The van der Waals surface area contributed by atoms with Crippen LogP contribution in [0.4, 0.5) is 13.2 Å². The quantitative estimate of drug-likeness (QED) is 0.269. The molecule has 2 N–H and O–H groups in total. The molecule has 46 heavy (non-hydrogen) atoms. The number of rotatable bonds is 11. The predicted octanol–water partition coefficient (Wildman–Crippen LogP) is 6.53. The number of alkyl halides is 3. The van der Waals surface area contributed by atoms with E-state index in [1.165, 1.54) is 14.2 Å². The van der Waals surface area contributed by atoms with Crippen molar-refractivity contribution >= 4 is 11.8 Å². The molecule has 0 aromatic heterocycles. The molecule has 2 atom stereocenters. The standard InChI is InChI=1S/C36H46F3N3O4/c1-23-10-7-12-26-27-13-8-11-24(2)32(27)35(31(23)26,34(44)40-22-36(37,38)39)18-5-6-19-42-20-16-25(17-21-42)41-33(43)30-28(45-3)14-9-15-29(30)46-4/h7-9,12-15,23-25H,5-6,10-11,16-22H2,1-4H3,(H,40,44)(H,41,43). The van der Waals surface area contributed by atoms with E-state index in [4.69, 9.17) is 9.47 Å². The summed E-state index contributed by atoms with van der Waals surface area (Å²) in [6.45, 7) is 5.31. The second kappa shape index (κ2) is 14.1. The Bertz CT molecular complexity index is 1370. The number of amides is 2. The highest BCUT2D eigenvalue weighted by molar-refractivity contribution is 6.00. The van der Waals surface area contributed by atoms with Crippen LogP contribution in [0.5, 0.6) is 11.5 Å². The molecule has 0 saturated carbocycles. The van der Waals surface area contributed by atoms with Gasteiger partial charge in [0.15, 0.2) is 0 Å². The van der Waals surface area contributed by atoms with Crippen molar-refractivity contribution in [2.75, 3.05) is 40.4 Å². The van der Waals surface area contributed by atoms with Crippen molar-refractivity contribution < 1.29 is 32.2 Å². The third kappa shape index (κ3) is 6.77. The van der Waals surface area contributed by atoms with Crippen molar-refractivity contribution in [2.45, 2.75) is 71.0 Å². The van der Waals surface area contributed by atoms with Crippen molar-refractivity contribution in [2.24, 2.45) is 17.3 Å². The lowest BCUT2D eigenvalue weighted by Gasteiger charge is -2.40. The van der Waals surface area contributed by atoms with Crippen molar-refractivity contribution in [1.82, 2.24) is 15.5 Å². The summed E-state index contributed by atoms with van der Waals surface area (Å²) in [5, 5.41) is 5.45. The average molecular weight is 642 g/mol. The second-order valence-corrected chi connectivity index (χ2v) is 13.0. The van der Waals surface area contributed by atoms with Gasteiger partial charge in [-0.2, -0.15) is 13.2 Å². The van der Waals surface area contributed by atoms with Crippen LogP contribution in [0.2, 0.25) is 0 Å². The highest BCUT2D eigenvalue weighted by Crippen LogP contribution is 2.59. The van der Waals surface area contributed by atoms with Gasteiger partial charge in [0, 0.05) is 19.1 Å². The summed E-state index contributed by atoms with van der Waals surface area (Å²) in [4.78, 5) is 29.5. The molecule has 7 nitrogen and oxygen atoms in total. The van der Waals surface area contributed by atoms with E-state index in [1.807, 2.05) is 0 Å². The summed E-state index contributed by atoms with van der Waals surface area (Å²) < 4.78 is 50.7. The van der Waals surface area contributed by atoms with Crippen LogP contribution in [0.1, 0.15) is 69.2 Å². The number of benzene rings is 1. The van der Waals surface area contributed by atoms with Gasteiger partial charge in [-0.25, -0.2) is 0 Å². The maximum atomic E-state index is 14.0. The number of nitrogens with zero attached hydrogens (tertiary/aromatic N) is 1. The minimum absolute atomic E-state index is 0.0230. The molecule has 10 heteroatoms. The Balaban J connectivity index is 1.23. The van der Waals surface area contributed by atoms with Crippen molar-refractivity contribution in [3.8, 4) is 11.5 Å². The number of halogens is 3. The number of carbonyl (C=O) groups excluding carboxylic acids is 2. The molecule has 0 spiro atoms. The number of unbranched alkanes of at least 4 members (excludes halogenated alkanes) is 1. The van der Waals surface area contributed by atoms with Crippen molar-refractivity contribution in [1.29, 1.82) is 0 Å². The molecule has 1 aliphatic heterocycles. The van der Waals surface area contributed by atoms with Crippen LogP contribution in [0.15, 0.2) is 64.8 Å². The molecule has 2 unspecified atom stereocenters. The zero-order chi connectivity index (χ0) is 33.1. The van der Waals surface area contributed by atoms with Crippen LogP contribution >= 0.6 is 0 Å². The lowest BCUT2D eigenvalue weighted by Crippen LogP contribution is -2.48. The molecular formula is C36H46F3N3O4. The number of nitrogens with one attached hydrogen (secondary N) is 2. The van der Waals surface area contributed by atoms with E-state index in [0.717, 1.165) is 74.0 Å². The first-order chi connectivity index (χ1) is 22.0. The lowest BCUT2D eigenvalue weighted by molar-refractivity contribution is -0.143. The van der Waals surface area contributed by atoms with Gasteiger partial charge >= 0.3 is 6.18 Å². The summed E-state index contributed by atoms with van der Waals surface area (Å²) in [5.41, 5.74) is 3.34. The van der Waals surface area contributed by atoms with Crippen molar-refractivity contribution in [3.05, 3.63) is 70.4 Å². The largest absolute Gasteiger partial charge is 0.496 e. The van der Waals surface area contributed by atoms with E-state index in [9.17, 15) is 22.8 Å². The van der Waals surface area contributed by atoms with Gasteiger partial charge in [0.2, 0.25) is 5.91 Å².